The monoisotopic (exact) mass is 214 g/mol. The van der Waals surface area contributed by atoms with Gasteiger partial charge in [0.15, 0.2) is 0 Å². The van der Waals surface area contributed by atoms with Gasteiger partial charge in [0, 0.05) is 6.61 Å². The highest BCUT2D eigenvalue weighted by atomic mass is 16.5. The first kappa shape index (κ1) is 12.5. The van der Waals surface area contributed by atoms with Crippen LogP contribution in [0.25, 0.3) is 0 Å². The Balaban J connectivity index is 2.52. The lowest BCUT2D eigenvalue weighted by molar-refractivity contribution is -0.153. The number of esters is 1. The predicted octanol–water partition coefficient (Wildman–Crippen LogP) is 2.39. The van der Waals surface area contributed by atoms with Crippen LogP contribution in [0.2, 0.25) is 0 Å². The summed E-state index contributed by atoms with van der Waals surface area (Å²) in [5, 5.41) is 0. The van der Waals surface area contributed by atoms with Crippen LogP contribution in [0, 0.1) is 11.8 Å². The van der Waals surface area contributed by atoms with Crippen molar-refractivity contribution in [2.24, 2.45) is 11.8 Å². The smallest absolute Gasteiger partial charge is 0.308 e. The minimum atomic E-state index is -0.0936. The standard InChI is InChI=1S/C12H22O3/c1-5-14-11(13)9(2)10-6-7-15-12(3,4)8-10/h9-10H,5-8H2,1-4H3. The maximum absolute atomic E-state index is 11.6. The van der Waals surface area contributed by atoms with Gasteiger partial charge in [0.25, 0.3) is 0 Å². The van der Waals surface area contributed by atoms with Crippen LogP contribution in [0.3, 0.4) is 0 Å². The Morgan fingerprint density at radius 2 is 2.27 bits per heavy atom. The lowest BCUT2D eigenvalue weighted by Gasteiger charge is -2.37. The van der Waals surface area contributed by atoms with Crippen molar-refractivity contribution in [1.29, 1.82) is 0 Å². The van der Waals surface area contributed by atoms with Crippen molar-refractivity contribution >= 4 is 5.97 Å². The molecule has 0 saturated carbocycles. The van der Waals surface area contributed by atoms with Gasteiger partial charge in [-0.15, -0.1) is 0 Å². The number of ether oxygens (including phenoxy) is 2. The summed E-state index contributed by atoms with van der Waals surface area (Å²) in [5.74, 6) is 0.320. The third-order valence-corrected chi connectivity index (χ3v) is 3.10. The highest BCUT2D eigenvalue weighted by molar-refractivity contribution is 5.72. The highest BCUT2D eigenvalue weighted by Crippen LogP contribution is 2.33. The van der Waals surface area contributed by atoms with Gasteiger partial charge >= 0.3 is 5.97 Å². The van der Waals surface area contributed by atoms with E-state index in [2.05, 4.69) is 13.8 Å². The van der Waals surface area contributed by atoms with E-state index in [1.54, 1.807) is 0 Å². The van der Waals surface area contributed by atoms with E-state index in [1.165, 1.54) is 0 Å². The van der Waals surface area contributed by atoms with Crippen molar-refractivity contribution < 1.29 is 14.3 Å². The molecule has 0 bridgehead atoms. The quantitative estimate of drug-likeness (QED) is 0.677. The maximum atomic E-state index is 11.6. The average molecular weight is 214 g/mol. The molecule has 15 heavy (non-hydrogen) atoms. The molecule has 1 fully saturated rings. The van der Waals surface area contributed by atoms with Gasteiger partial charge in [-0.3, -0.25) is 4.79 Å². The summed E-state index contributed by atoms with van der Waals surface area (Å²) >= 11 is 0. The van der Waals surface area contributed by atoms with Gasteiger partial charge in [-0.25, -0.2) is 0 Å². The van der Waals surface area contributed by atoms with E-state index in [0.717, 1.165) is 19.4 Å². The largest absolute Gasteiger partial charge is 0.466 e. The molecule has 1 saturated heterocycles. The molecule has 88 valence electrons. The number of rotatable bonds is 3. The molecule has 0 amide bonds. The van der Waals surface area contributed by atoms with E-state index in [-0.39, 0.29) is 17.5 Å². The molecule has 0 radical (unpaired) electrons. The van der Waals surface area contributed by atoms with Crippen molar-refractivity contribution in [3.05, 3.63) is 0 Å². The maximum Gasteiger partial charge on any atom is 0.308 e. The first-order valence-corrected chi connectivity index (χ1v) is 5.77. The highest BCUT2D eigenvalue weighted by Gasteiger charge is 2.34. The zero-order valence-corrected chi connectivity index (χ0v) is 10.2. The molecule has 2 unspecified atom stereocenters. The Morgan fingerprint density at radius 3 is 2.80 bits per heavy atom. The lowest BCUT2D eigenvalue weighted by Crippen LogP contribution is -2.38. The molecule has 1 aliphatic rings. The lowest BCUT2D eigenvalue weighted by atomic mass is 9.80. The molecule has 0 aromatic heterocycles. The SMILES string of the molecule is CCOC(=O)C(C)C1CCOC(C)(C)C1. The van der Waals surface area contributed by atoms with Crippen LogP contribution in [0.5, 0.6) is 0 Å². The average Bonchev–Trinajstić information content (AvgIpc) is 2.15. The molecule has 3 heteroatoms. The van der Waals surface area contributed by atoms with Crippen LogP contribution in [-0.2, 0) is 14.3 Å². The van der Waals surface area contributed by atoms with Gasteiger partial charge in [-0.05, 0) is 39.5 Å². The molecule has 0 aliphatic carbocycles. The Labute approximate surface area is 92.1 Å². The summed E-state index contributed by atoms with van der Waals surface area (Å²) in [6.45, 7) is 9.19. The summed E-state index contributed by atoms with van der Waals surface area (Å²) in [5.41, 5.74) is -0.0936. The Bertz CT molecular complexity index is 223. The van der Waals surface area contributed by atoms with Crippen molar-refractivity contribution in [1.82, 2.24) is 0 Å². The van der Waals surface area contributed by atoms with Gasteiger partial charge in [-0.2, -0.15) is 0 Å². The molecule has 0 aromatic rings. The van der Waals surface area contributed by atoms with Gasteiger partial charge in [-0.1, -0.05) is 6.92 Å². The topological polar surface area (TPSA) is 35.5 Å². The second-order valence-electron chi connectivity index (χ2n) is 4.90. The van der Waals surface area contributed by atoms with Crippen molar-refractivity contribution in [3.63, 3.8) is 0 Å². The molecule has 1 rings (SSSR count). The molecule has 3 nitrogen and oxygen atoms in total. The van der Waals surface area contributed by atoms with Crippen molar-refractivity contribution in [2.45, 2.75) is 46.1 Å². The normalized spacial score (nSPS) is 27.1. The molecular weight excluding hydrogens is 192 g/mol. The number of carbonyl (C=O) groups excluding carboxylic acids is 1. The third kappa shape index (κ3) is 3.49. The molecule has 1 aliphatic heterocycles. The van der Waals surface area contributed by atoms with Crippen LogP contribution in [0.4, 0.5) is 0 Å². The van der Waals surface area contributed by atoms with Crippen LogP contribution < -0.4 is 0 Å². The summed E-state index contributed by atoms with van der Waals surface area (Å²) in [7, 11) is 0. The van der Waals surface area contributed by atoms with E-state index in [0.29, 0.717) is 12.5 Å². The molecular formula is C12H22O3. The number of hydrogen-bond donors (Lipinski definition) is 0. The fourth-order valence-electron chi connectivity index (χ4n) is 2.17. The first-order valence-electron chi connectivity index (χ1n) is 5.77. The second kappa shape index (κ2) is 4.97. The van der Waals surface area contributed by atoms with E-state index in [4.69, 9.17) is 9.47 Å². The summed E-state index contributed by atoms with van der Waals surface area (Å²) in [6, 6.07) is 0. The minimum Gasteiger partial charge on any atom is -0.466 e. The van der Waals surface area contributed by atoms with E-state index < -0.39 is 0 Å². The minimum absolute atomic E-state index is 0.00637. The van der Waals surface area contributed by atoms with Crippen LogP contribution in [0.15, 0.2) is 0 Å². The van der Waals surface area contributed by atoms with Gasteiger partial charge in [0.05, 0.1) is 18.1 Å². The fraction of sp³-hybridized carbons (Fsp3) is 0.917. The number of carbonyl (C=O) groups is 1. The predicted molar refractivity (Wildman–Crippen MR) is 58.6 cm³/mol. The first-order chi connectivity index (χ1) is 6.96. The fourth-order valence-corrected chi connectivity index (χ4v) is 2.17. The molecule has 0 N–H and O–H groups in total. The Morgan fingerprint density at radius 1 is 1.60 bits per heavy atom. The zero-order chi connectivity index (χ0) is 11.5. The molecule has 1 heterocycles. The summed E-state index contributed by atoms with van der Waals surface area (Å²) in [6.07, 6.45) is 1.90. The van der Waals surface area contributed by atoms with E-state index >= 15 is 0 Å². The molecule has 2 atom stereocenters. The van der Waals surface area contributed by atoms with E-state index in [9.17, 15) is 4.79 Å². The summed E-state index contributed by atoms with van der Waals surface area (Å²) < 4.78 is 10.7. The van der Waals surface area contributed by atoms with Crippen LogP contribution >= 0.6 is 0 Å². The number of hydrogen-bond acceptors (Lipinski definition) is 3. The van der Waals surface area contributed by atoms with Crippen molar-refractivity contribution in [3.8, 4) is 0 Å². The van der Waals surface area contributed by atoms with Gasteiger partial charge < -0.3 is 9.47 Å². The van der Waals surface area contributed by atoms with E-state index in [1.807, 2.05) is 13.8 Å². The molecule has 0 spiro atoms. The Kier molecular flexibility index (Phi) is 4.14. The van der Waals surface area contributed by atoms with Crippen molar-refractivity contribution in [2.75, 3.05) is 13.2 Å². The van der Waals surface area contributed by atoms with Crippen LogP contribution in [-0.4, -0.2) is 24.8 Å². The summed E-state index contributed by atoms with van der Waals surface area (Å²) in [4.78, 5) is 11.6. The van der Waals surface area contributed by atoms with Gasteiger partial charge in [0.1, 0.15) is 0 Å². The van der Waals surface area contributed by atoms with Crippen LogP contribution in [0.1, 0.15) is 40.5 Å². The van der Waals surface area contributed by atoms with Gasteiger partial charge in [0.2, 0.25) is 0 Å². The Hall–Kier alpha value is -0.570. The zero-order valence-electron chi connectivity index (χ0n) is 10.2. The third-order valence-electron chi connectivity index (χ3n) is 3.10. The second-order valence-corrected chi connectivity index (χ2v) is 4.90. The molecule has 0 aromatic carbocycles.